The van der Waals surface area contributed by atoms with Crippen LogP contribution < -0.4 is 0 Å². The molecule has 0 bridgehead atoms. The molecule has 8 heteroatoms. The van der Waals surface area contributed by atoms with Crippen molar-refractivity contribution in [2.75, 3.05) is 0 Å². The molecule has 22 heavy (non-hydrogen) atoms. The fraction of sp³-hybridized carbons (Fsp3) is 0.143. The van der Waals surface area contributed by atoms with Gasteiger partial charge >= 0.3 is 0 Å². The van der Waals surface area contributed by atoms with Gasteiger partial charge in [0.1, 0.15) is 5.69 Å². The number of ketones is 1. The molecule has 0 aliphatic carbocycles. The monoisotopic (exact) mass is 316 g/mol. The van der Waals surface area contributed by atoms with Crippen LogP contribution in [0.5, 0.6) is 0 Å². The Bertz CT molecular complexity index is 738. The summed E-state index contributed by atoms with van der Waals surface area (Å²) in [5.41, 5.74) is -1.05. The molecule has 0 N–H and O–H groups in total. The summed E-state index contributed by atoms with van der Waals surface area (Å²) in [5.74, 6) is -11.0. The van der Waals surface area contributed by atoms with E-state index in [1.807, 2.05) is 0 Å². The van der Waals surface area contributed by atoms with Gasteiger partial charge in [0.2, 0.25) is 11.6 Å². The van der Waals surface area contributed by atoms with E-state index in [9.17, 15) is 26.7 Å². The Hall–Kier alpha value is -2.51. The predicted octanol–water partition coefficient (Wildman–Crippen LogP) is 3.49. The standard InChI is InChI=1S/C14H9F5N2O/c1-2-21-8(5-6-20-21)9(22)4-3-7-10(15)12(17)14(19)13(18)11(7)16/h3-6H,2H2,1H3/b4-3+. The number of hydrogen-bond acceptors (Lipinski definition) is 2. The zero-order valence-electron chi connectivity index (χ0n) is 11.2. The fourth-order valence-corrected chi connectivity index (χ4v) is 1.81. The molecule has 0 spiro atoms. The highest BCUT2D eigenvalue weighted by Crippen LogP contribution is 2.24. The quantitative estimate of drug-likeness (QED) is 0.284. The number of rotatable bonds is 4. The van der Waals surface area contributed by atoms with Gasteiger partial charge in [-0.3, -0.25) is 9.48 Å². The van der Waals surface area contributed by atoms with Crippen molar-refractivity contribution in [2.45, 2.75) is 13.5 Å². The maximum absolute atomic E-state index is 13.4. The molecule has 3 nitrogen and oxygen atoms in total. The molecule has 0 unspecified atom stereocenters. The van der Waals surface area contributed by atoms with Crippen LogP contribution in [0.2, 0.25) is 0 Å². The van der Waals surface area contributed by atoms with E-state index in [-0.39, 0.29) is 5.69 Å². The summed E-state index contributed by atoms with van der Waals surface area (Å²) in [6, 6.07) is 1.37. The summed E-state index contributed by atoms with van der Waals surface area (Å²) >= 11 is 0. The highest BCUT2D eigenvalue weighted by Gasteiger charge is 2.24. The molecule has 0 fully saturated rings. The molecule has 0 atom stereocenters. The number of benzene rings is 1. The Morgan fingerprint density at radius 1 is 1.09 bits per heavy atom. The van der Waals surface area contributed by atoms with E-state index in [1.165, 1.54) is 16.9 Å². The first-order valence-electron chi connectivity index (χ1n) is 6.14. The molecule has 2 rings (SSSR count). The van der Waals surface area contributed by atoms with Gasteiger partial charge in [-0.05, 0) is 25.1 Å². The number of allylic oxidation sites excluding steroid dienone is 1. The normalized spacial score (nSPS) is 11.4. The average molecular weight is 316 g/mol. The lowest BCUT2D eigenvalue weighted by Gasteiger charge is -2.04. The van der Waals surface area contributed by atoms with Crippen molar-refractivity contribution in [1.82, 2.24) is 9.78 Å². The molecule has 0 saturated heterocycles. The summed E-state index contributed by atoms with van der Waals surface area (Å²) in [4.78, 5) is 11.9. The largest absolute Gasteiger partial charge is 0.288 e. The van der Waals surface area contributed by atoms with Crippen molar-refractivity contribution in [3.8, 4) is 0 Å². The molecule has 116 valence electrons. The lowest BCUT2D eigenvalue weighted by Crippen LogP contribution is -2.08. The Kier molecular flexibility index (Phi) is 4.39. The average Bonchev–Trinajstić information content (AvgIpc) is 2.99. The highest BCUT2D eigenvalue weighted by molar-refractivity contribution is 6.05. The SMILES string of the molecule is CCn1nccc1C(=O)/C=C/c1c(F)c(F)c(F)c(F)c1F. The van der Waals surface area contributed by atoms with Gasteiger partial charge in [-0.2, -0.15) is 5.10 Å². The van der Waals surface area contributed by atoms with Crippen LogP contribution in [-0.2, 0) is 6.54 Å². The van der Waals surface area contributed by atoms with E-state index >= 15 is 0 Å². The molecule has 0 aliphatic rings. The van der Waals surface area contributed by atoms with Gasteiger partial charge in [0.15, 0.2) is 23.3 Å². The van der Waals surface area contributed by atoms with Gasteiger partial charge in [-0.1, -0.05) is 0 Å². The summed E-state index contributed by atoms with van der Waals surface area (Å²) in [5, 5.41) is 3.83. The number of halogens is 5. The van der Waals surface area contributed by atoms with Gasteiger partial charge in [0, 0.05) is 12.7 Å². The third-order valence-corrected chi connectivity index (χ3v) is 2.91. The Morgan fingerprint density at radius 2 is 1.64 bits per heavy atom. The van der Waals surface area contributed by atoms with Crippen LogP contribution in [0.3, 0.4) is 0 Å². The topological polar surface area (TPSA) is 34.9 Å². The molecule has 1 heterocycles. The molecule has 1 aromatic carbocycles. The van der Waals surface area contributed by atoms with Crippen LogP contribution in [0, 0.1) is 29.1 Å². The Balaban J connectivity index is 2.41. The highest BCUT2D eigenvalue weighted by atomic mass is 19.2. The van der Waals surface area contributed by atoms with Gasteiger partial charge in [-0.15, -0.1) is 0 Å². The van der Waals surface area contributed by atoms with Crippen molar-refractivity contribution in [1.29, 1.82) is 0 Å². The number of hydrogen-bond donors (Lipinski definition) is 0. The second-order valence-electron chi connectivity index (χ2n) is 4.21. The van der Waals surface area contributed by atoms with Crippen molar-refractivity contribution in [3.63, 3.8) is 0 Å². The minimum absolute atomic E-state index is 0.127. The fourth-order valence-electron chi connectivity index (χ4n) is 1.81. The maximum Gasteiger partial charge on any atom is 0.203 e. The van der Waals surface area contributed by atoms with E-state index in [4.69, 9.17) is 0 Å². The summed E-state index contributed by atoms with van der Waals surface area (Å²) < 4.78 is 67.1. The zero-order chi connectivity index (χ0) is 16.4. The molecule has 0 aliphatic heterocycles. The molecule has 0 amide bonds. The second-order valence-corrected chi connectivity index (χ2v) is 4.21. The molecule has 0 radical (unpaired) electrons. The number of nitrogens with zero attached hydrogens (tertiary/aromatic N) is 2. The van der Waals surface area contributed by atoms with Crippen LogP contribution in [-0.4, -0.2) is 15.6 Å². The van der Waals surface area contributed by atoms with Gasteiger partial charge < -0.3 is 0 Å². The summed E-state index contributed by atoms with van der Waals surface area (Å²) in [7, 11) is 0. The lowest BCUT2D eigenvalue weighted by molar-refractivity contribution is 0.103. The van der Waals surface area contributed by atoms with Crippen LogP contribution >= 0.6 is 0 Å². The van der Waals surface area contributed by atoms with E-state index < -0.39 is 40.4 Å². The molecule has 2 aromatic rings. The number of aromatic nitrogens is 2. The van der Waals surface area contributed by atoms with Gasteiger partial charge in [0.25, 0.3) is 0 Å². The van der Waals surface area contributed by atoms with Crippen molar-refractivity contribution >= 4 is 11.9 Å². The molecule has 1 aromatic heterocycles. The Labute approximate surface area is 121 Å². The molecular formula is C14H9F5N2O. The smallest absolute Gasteiger partial charge is 0.203 e. The van der Waals surface area contributed by atoms with Crippen LogP contribution in [0.15, 0.2) is 18.3 Å². The third kappa shape index (κ3) is 2.63. The first kappa shape index (κ1) is 15.9. The van der Waals surface area contributed by atoms with Crippen LogP contribution in [0.1, 0.15) is 23.0 Å². The minimum Gasteiger partial charge on any atom is -0.288 e. The van der Waals surface area contributed by atoms with E-state index in [2.05, 4.69) is 5.10 Å². The first-order valence-corrected chi connectivity index (χ1v) is 6.14. The van der Waals surface area contributed by atoms with Gasteiger partial charge in [-0.25, -0.2) is 22.0 Å². The van der Waals surface area contributed by atoms with Crippen molar-refractivity contribution in [3.05, 3.63) is 58.7 Å². The van der Waals surface area contributed by atoms with Crippen molar-refractivity contribution < 1.29 is 26.7 Å². The zero-order valence-corrected chi connectivity index (χ0v) is 11.2. The predicted molar refractivity (Wildman–Crippen MR) is 67.5 cm³/mol. The lowest BCUT2D eigenvalue weighted by atomic mass is 10.1. The Morgan fingerprint density at radius 3 is 2.18 bits per heavy atom. The van der Waals surface area contributed by atoms with Gasteiger partial charge in [0.05, 0.1) is 5.56 Å². The van der Waals surface area contributed by atoms with Crippen LogP contribution in [0.25, 0.3) is 6.08 Å². The minimum atomic E-state index is -2.25. The summed E-state index contributed by atoms with van der Waals surface area (Å²) in [6.07, 6.45) is 2.62. The van der Waals surface area contributed by atoms with E-state index in [0.717, 1.165) is 6.08 Å². The van der Waals surface area contributed by atoms with E-state index in [1.54, 1.807) is 6.92 Å². The van der Waals surface area contributed by atoms with E-state index in [0.29, 0.717) is 12.6 Å². The molecular weight excluding hydrogens is 307 g/mol. The molecule has 0 saturated carbocycles. The number of carbonyl (C=O) groups excluding carboxylic acids is 1. The third-order valence-electron chi connectivity index (χ3n) is 2.91. The van der Waals surface area contributed by atoms with Crippen LogP contribution in [0.4, 0.5) is 22.0 Å². The summed E-state index contributed by atoms with van der Waals surface area (Å²) in [6.45, 7) is 2.10. The number of carbonyl (C=O) groups is 1. The maximum atomic E-state index is 13.4. The first-order chi connectivity index (χ1) is 10.4. The second kappa shape index (κ2) is 6.08. The number of aryl methyl sites for hydroxylation is 1. The van der Waals surface area contributed by atoms with Crippen molar-refractivity contribution in [2.24, 2.45) is 0 Å².